The fourth-order valence-corrected chi connectivity index (χ4v) is 4.46. The molecular formula is C24H29Cl2N9O3. The molecule has 1 fully saturated rings. The molecule has 3 aromatic rings. The second-order valence-electron chi connectivity index (χ2n) is 8.51. The standard InChI is InChI=1S/C24H29Cl2N9O3/c1-34-6-8-35(9-7-34)5-4-28-24(36)32-19-10-16(29-14-30-19)15-12-27-13-31-23(15)33-22-20(25)17(37-2)11-18(38-3)21(22)26/h10-14H,4-9H2,1-3H3,(H,27,31,33)(H2,28,29,30,32,36). The van der Waals surface area contributed by atoms with Crippen LogP contribution in [0.25, 0.3) is 11.3 Å². The average molecular weight is 562 g/mol. The van der Waals surface area contributed by atoms with E-state index in [2.05, 4.69) is 52.7 Å². The number of ether oxygens (including phenoxy) is 2. The minimum absolute atomic E-state index is 0.251. The summed E-state index contributed by atoms with van der Waals surface area (Å²) >= 11 is 13.0. The molecule has 0 atom stereocenters. The summed E-state index contributed by atoms with van der Waals surface area (Å²) in [6.45, 7) is 5.35. The van der Waals surface area contributed by atoms with E-state index >= 15 is 0 Å². The van der Waals surface area contributed by atoms with Crippen LogP contribution in [-0.2, 0) is 0 Å². The number of aromatic nitrogens is 4. The van der Waals surface area contributed by atoms with Crippen molar-refractivity contribution in [1.82, 2.24) is 35.1 Å². The molecule has 1 aromatic carbocycles. The molecule has 1 saturated heterocycles. The molecule has 2 aromatic heterocycles. The fourth-order valence-electron chi connectivity index (χ4n) is 3.86. The molecular weight excluding hydrogens is 533 g/mol. The predicted octanol–water partition coefficient (Wildman–Crippen LogP) is 3.37. The van der Waals surface area contributed by atoms with Gasteiger partial charge in [-0.25, -0.2) is 24.7 Å². The molecule has 12 nitrogen and oxygen atoms in total. The Kier molecular flexibility index (Phi) is 9.34. The molecule has 0 saturated carbocycles. The van der Waals surface area contributed by atoms with Crippen molar-refractivity contribution >= 4 is 46.6 Å². The Labute approximate surface area is 230 Å². The Morgan fingerprint density at radius 3 is 2.39 bits per heavy atom. The van der Waals surface area contributed by atoms with Gasteiger partial charge in [-0.3, -0.25) is 10.2 Å². The first-order chi connectivity index (χ1) is 18.4. The van der Waals surface area contributed by atoms with Crippen molar-refractivity contribution in [2.45, 2.75) is 0 Å². The Morgan fingerprint density at radius 1 is 1.00 bits per heavy atom. The van der Waals surface area contributed by atoms with Gasteiger partial charge in [0, 0.05) is 57.6 Å². The number of hydrogen-bond acceptors (Lipinski definition) is 10. The van der Waals surface area contributed by atoms with Crippen LogP contribution < -0.4 is 25.4 Å². The number of hydrogen-bond donors (Lipinski definition) is 3. The molecule has 4 rings (SSSR count). The van der Waals surface area contributed by atoms with Crippen molar-refractivity contribution in [2.75, 3.05) is 71.2 Å². The molecule has 38 heavy (non-hydrogen) atoms. The summed E-state index contributed by atoms with van der Waals surface area (Å²) in [6.07, 6.45) is 4.30. The van der Waals surface area contributed by atoms with Crippen molar-refractivity contribution in [1.29, 1.82) is 0 Å². The zero-order valence-electron chi connectivity index (χ0n) is 21.3. The van der Waals surface area contributed by atoms with Gasteiger partial charge in [0.2, 0.25) is 0 Å². The molecule has 202 valence electrons. The number of rotatable bonds is 9. The third kappa shape index (κ3) is 6.70. The van der Waals surface area contributed by atoms with Gasteiger partial charge < -0.3 is 25.0 Å². The van der Waals surface area contributed by atoms with Crippen LogP contribution in [0.1, 0.15) is 0 Å². The van der Waals surface area contributed by atoms with Gasteiger partial charge in [-0.05, 0) is 7.05 Å². The van der Waals surface area contributed by atoms with E-state index in [0.717, 1.165) is 32.7 Å². The van der Waals surface area contributed by atoms with Crippen LogP contribution in [-0.4, -0.2) is 96.3 Å². The van der Waals surface area contributed by atoms with E-state index in [1.807, 2.05) is 0 Å². The fraction of sp³-hybridized carbons (Fsp3) is 0.375. The summed E-state index contributed by atoms with van der Waals surface area (Å²) in [4.78, 5) is 34.0. The van der Waals surface area contributed by atoms with Gasteiger partial charge in [0.15, 0.2) is 0 Å². The third-order valence-electron chi connectivity index (χ3n) is 6.02. The lowest BCUT2D eigenvalue weighted by atomic mass is 10.2. The molecule has 0 bridgehead atoms. The van der Waals surface area contributed by atoms with Crippen molar-refractivity contribution in [3.05, 3.63) is 41.0 Å². The first-order valence-corrected chi connectivity index (χ1v) is 12.6. The maximum absolute atomic E-state index is 12.5. The number of carbonyl (C=O) groups is 1. The number of methoxy groups -OCH3 is 2. The van der Waals surface area contributed by atoms with Crippen molar-refractivity contribution in [3.8, 4) is 22.8 Å². The number of amides is 2. The summed E-state index contributed by atoms with van der Waals surface area (Å²) in [6, 6.07) is 2.86. The summed E-state index contributed by atoms with van der Waals surface area (Å²) < 4.78 is 10.7. The van der Waals surface area contributed by atoms with Crippen LogP contribution in [0.4, 0.5) is 22.1 Å². The van der Waals surface area contributed by atoms with Gasteiger partial charge >= 0.3 is 6.03 Å². The SMILES string of the molecule is COc1cc(OC)c(Cl)c(Nc2ncncc2-c2cc(NC(=O)NCCN3CCN(C)CC3)ncn2)c1Cl. The van der Waals surface area contributed by atoms with Crippen molar-refractivity contribution < 1.29 is 14.3 Å². The van der Waals surface area contributed by atoms with E-state index in [1.54, 1.807) is 18.3 Å². The Hall–Kier alpha value is -3.45. The van der Waals surface area contributed by atoms with Crippen molar-refractivity contribution in [3.63, 3.8) is 0 Å². The van der Waals surface area contributed by atoms with Crippen LogP contribution in [0.5, 0.6) is 11.5 Å². The number of urea groups is 1. The van der Waals surface area contributed by atoms with Gasteiger partial charge in [-0.2, -0.15) is 0 Å². The normalized spacial score (nSPS) is 14.1. The lowest BCUT2D eigenvalue weighted by Crippen LogP contribution is -2.47. The Balaban J connectivity index is 1.47. The summed E-state index contributed by atoms with van der Waals surface area (Å²) in [5.41, 5.74) is 1.34. The number of benzene rings is 1. The van der Waals surface area contributed by atoms with Gasteiger partial charge in [0.25, 0.3) is 0 Å². The highest BCUT2D eigenvalue weighted by atomic mass is 35.5. The van der Waals surface area contributed by atoms with E-state index in [4.69, 9.17) is 32.7 Å². The quantitative estimate of drug-likeness (QED) is 0.357. The highest BCUT2D eigenvalue weighted by Crippen LogP contribution is 2.45. The molecule has 1 aliphatic rings. The zero-order chi connectivity index (χ0) is 27.1. The van der Waals surface area contributed by atoms with Crippen LogP contribution >= 0.6 is 23.2 Å². The van der Waals surface area contributed by atoms with Crippen molar-refractivity contribution in [2.24, 2.45) is 0 Å². The van der Waals surface area contributed by atoms with Crippen LogP contribution in [0.2, 0.25) is 10.0 Å². The van der Waals surface area contributed by atoms with Crippen LogP contribution in [0.15, 0.2) is 31.0 Å². The summed E-state index contributed by atoms with van der Waals surface area (Å²) in [7, 11) is 5.10. The summed E-state index contributed by atoms with van der Waals surface area (Å²) in [5, 5.41) is 9.26. The van der Waals surface area contributed by atoms with Gasteiger partial charge in [0.05, 0.1) is 31.2 Å². The first kappa shape index (κ1) is 27.6. The van der Waals surface area contributed by atoms with E-state index in [-0.39, 0.29) is 16.1 Å². The van der Waals surface area contributed by atoms with E-state index in [0.29, 0.717) is 46.6 Å². The third-order valence-corrected chi connectivity index (χ3v) is 6.77. The lowest BCUT2D eigenvalue weighted by Gasteiger charge is -2.32. The maximum atomic E-state index is 12.5. The summed E-state index contributed by atoms with van der Waals surface area (Å²) in [5.74, 6) is 1.44. The second kappa shape index (κ2) is 12.9. The minimum Gasteiger partial charge on any atom is -0.495 e. The highest BCUT2D eigenvalue weighted by molar-refractivity contribution is 6.41. The Bertz CT molecular complexity index is 1240. The molecule has 0 aliphatic carbocycles. The molecule has 0 unspecified atom stereocenters. The smallest absolute Gasteiger partial charge is 0.320 e. The predicted molar refractivity (Wildman–Crippen MR) is 147 cm³/mol. The van der Waals surface area contributed by atoms with Gasteiger partial charge in [0.1, 0.15) is 45.8 Å². The second-order valence-corrected chi connectivity index (χ2v) is 9.26. The van der Waals surface area contributed by atoms with E-state index in [9.17, 15) is 4.79 Å². The number of piperazine rings is 1. The molecule has 0 spiro atoms. The number of likely N-dealkylation sites (N-methyl/N-ethyl adjacent to an activating group) is 1. The number of nitrogens with zero attached hydrogens (tertiary/aromatic N) is 6. The molecule has 2 amide bonds. The highest BCUT2D eigenvalue weighted by Gasteiger charge is 2.20. The monoisotopic (exact) mass is 561 g/mol. The first-order valence-electron chi connectivity index (χ1n) is 11.8. The van der Waals surface area contributed by atoms with E-state index < -0.39 is 0 Å². The molecule has 14 heteroatoms. The molecule has 3 N–H and O–H groups in total. The molecule has 0 radical (unpaired) electrons. The number of anilines is 3. The largest absolute Gasteiger partial charge is 0.495 e. The van der Waals surface area contributed by atoms with Gasteiger partial charge in [-0.1, -0.05) is 23.2 Å². The molecule has 3 heterocycles. The van der Waals surface area contributed by atoms with Crippen LogP contribution in [0.3, 0.4) is 0 Å². The lowest BCUT2D eigenvalue weighted by molar-refractivity contribution is 0.155. The molecule has 1 aliphatic heterocycles. The van der Waals surface area contributed by atoms with Crippen LogP contribution in [0, 0.1) is 0 Å². The number of nitrogens with one attached hydrogen (secondary N) is 3. The Morgan fingerprint density at radius 2 is 1.71 bits per heavy atom. The number of carbonyl (C=O) groups excluding carboxylic acids is 1. The number of halogens is 2. The minimum atomic E-state index is -0.353. The average Bonchev–Trinajstić information content (AvgIpc) is 2.93. The zero-order valence-corrected chi connectivity index (χ0v) is 22.8. The van der Waals surface area contributed by atoms with E-state index in [1.165, 1.54) is 26.9 Å². The van der Waals surface area contributed by atoms with Gasteiger partial charge in [-0.15, -0.1) is 0 Å². The maximum Gasteiger partial charge on any atom is 0.320 e. The topological polar surface area (TPSA) is 130 Å².